The van der Waals surface area contributed by atoms with E-state index in [0.29, 0.717) is 0 Å². The summed E-state index contributed by atoms with van der Waals surface area (Å²) in [5.41, 5.74) is 4.84. The molecule has 0 bridgehead atoms. The van der Waals surface area contributed by atoms with E-state index in [4.69, 9.17) is 15.9 Å². The van der Waals surface area contributed by atoms with Gasteiger partial charge < -0.3 is 15.9 Å². The summed E-state index contributed by atoms with van der Waals surface area (Å²) in [4.78, 5) is 19.6. The summed E-state index contributed by atoms with van der Waals surface area (Å²) in [5.74, 6) is -2.50. The zero-order chi connectivity index (χ0) is 7.44. The second kappa shape index (κ2) is 3.03. The molecule has 0 saturated heterocycles. The van der Waals surface area contributed by atoms with Gasteiger partial charge in [0.25, 0.3) is 0 Å². The van der Waals surface area contributed by atoms with Crippen LogP contribution in [0.1, 0.15) is 6.42 Å². The Bertz CT molecular complexity index is 133. The Balaban J connectivity index is 3.63. The summed E-state index contributed by atoms with van der Waals surface area (Å²) < 4.78 is 0. The Morgan fingerprint density at radius 3 is 2.00 bits per heavy atom. The molecule has 0 fully saturated rings. The molecule has 0 aliphatic heterocycles. The first-order chi connectivity index (χ1) is 4.04. The minimum absolute atomic E-state index is 0.532. The average Bonchev–Trinajstić information content (AvgIpc) is 1.63. The fourth-order valence-corrected chi connectivity index (χ4v) is 0.275. The molecule has 0 aliphatic rings. The SMILES string of the molecule is [15NH2]C(CC(=O)O)[13C](=O)O. The van der Waals surface area contributed by atoms with Crippen molar-refractivity contribution in [2.24, 2.45) is 5.73 Å². The van der Waals surface area contributed by atoms with Gasteiger partial charge in [-0.25, -0.2) is 0 Å². The van der Waals surface area contributed by atoms with Gasteiger partial charge in [-0.2, -0.15) is 0 Å². The molecule has 0 aromatic heterocycles. The normalized spacial score (nSPS) is 12.6. The zero-order valence-corrected chi connectivity index (χ0v) is 4.57. The molecule has 0 amide bonds. The van der Waals surface area contributed by atoms with Crippen LogP contribution in [0.4, 0.5) is 0 Å². The van der Waals surface area contributed by atoms with Crippen LogP contribution in [0.5, 0.6) is 0 Å². The van der Waals surface area contributed by atoms with Crippen LogP contribution >= 0.6 is 0 Å². The lowest BCUT2D eigenvalue weighted by atomic mass is 10.3. The Labute approximate surface area is 51.1 Å². The first-order valence-corrected chi connectivity index (χ1v) is 2.24. The van der Waals surface area contributed by atoms with Crippen LogP contribution < -0.4 is 5.73 Å². The summed E-state index contributed by atoms with van der Waals surface area (Å²) in [6, 6.07) is -1.29. The van der Waals surface area contributed by atoms with Crippen LogP contribution in [-0.2, 0) is 9.59 Å². The van der Waals surface area contributed by atoms with Gasteiger partial charge in [0.05, 0.1) is 6.42 Å². The standard InChI is InChI=1S/C4H7NO4/c5-2(4(8)9)1-3(6)7/h2H,1,5H2,(H,6,7)(H,8,9)/i4+1,5+1. The van der Waals surface area contributed by atoms with Crippen molar-refractivity contribution in [1.82, 2.24) is 0 Å². The highest BCUT2D eigenvalue weighted by Gasteiger charge is 2.14. The summed E-state index contributed by atoms with van der Waals surface area (Å²) in [5, 5.41) is 16.0. The molecule has 52 valence electrons. The monoisotopic (exact) mass is 135 g/mol. The van der Waals surface area contributed by atoms with E-state index in [0.717, 1.165) is 0 Å². The molecule has 4 N–H and O–H groups in total. The molecule has 0 aliphatic carbocycles. The summed E-state index contributed by atoms with van der Waals surface area (Å²) in [6.45, 7) is 0. The zero-order valence-electron chi connectivity index (χ0n) is 4.57. The Morgan fingerprint density at radius 1 is 1.44 bits per heavy atom. The maximum absolute atomic E-state index is 9.85. The van der Waals surface area contributed by atoms with Crippen molar-refractivity contribution in [3.63, 3.8) is 0 Å². The highest BCUT2D eigenvalue weighted by atomic mass is 16.5. The van der Waals surface area contributed by atoms with Gasteiger partial charge in [0, 0.05) is 0 Å². The number of hydrogen-bond acceptors (Lipinski definition) is 3. The number of nitrogens with two attached hydrogens (primary N) is 1. The van der Waals surface area contributed by atoms with E-state index < -0.39 is 24.4 Å². The van der Waals surface area contributed by atoms with Gasteiger partial charge in [0.2, 0.25) is 0 Å². The number of carboxylic acids is 2. The second-order valence-electron chi connectivity index (χ2n) is 1.54. The highest BCUT2D eigenvalue weighted by molar-refractivity contribution is 5.80. The average molecular weight is 135 g/mol. The predicted octanol–water partition coefficient (Wildman–Crippen LogP) is -1.13. The van der Waals surface area contributed by atoms with Crippen molar-refractivity contribution in [2.75, 3.05) is 0 Å². The van der Waals surface area contributed by atoms with Crippen LogP contribution in [0, 0.1) is 0 Å². The molecule has 0 saturated carbocycles. The summed E-state index contributed by atoms with van der Waals surface area (Å²) >= 11 is 0. The van der Waals surface area contributed by atoms with Crippen molar-refractivity contribution >= 4 is 11.9 Å². The molecule has 0 aromatic rings. The lowest BCUT2D eigenvalue weighted by Gasteiger charge is -1.99. The molecule has 5 nitrogen and oxygen atoms in total. The van der Waals surface area contributed by atoms with Crippen molar-refractivity contribution < 1.29 is 19.8 Å². The number of hydrogen-bond donors (Lipinski definition) is 3. The molecule has 0 spiro atoms. The lowest BCUT2D eigenvalue weighted by Crippen LogP contribution is -2.32. The van der Waals surface area contributed by atoms with Crippen LogP contribution in [0.15, 0.2) is 0 Å². The second-order valence-corrected chi connectivity index (χ2v) is 1.54. The van der Waals surface area contributed by atoms with Crippen LogP contribution in [0.25, 0.3) is 0 Å². The summed E-state index contributed by atoms with van der Waals surface area (Å²) in [6.07, 6.45) is -0.532. The van der Waals surface area contributed by atoms with Crippen LogP contribution in [-0.4, -0.2) is 28.2 Å². The van der Waals surface area contributed by atoms with E-state index in [1.807, 2.05) is 0 Å². The number of carbonyl (C=O) groups is 2. The largest absolute Gasteiger partial charge is 0.481 e. The van der Waals surface area contributed by atoms with Gasteiger partial charge in [-0.05, 0) is 0 Å². The Morgan fingerprint density at radius 2 is 1.89 bits per heavy atom. The Kier molecular flexibility index (Phi) is 2.66. The lowest BCUT2D eigenvalue weighted by molar-refractivity contribution is -0.144. The van der Waals surface area contributed by atoms with E-state index in [1.54, 1.807) is 0 Å². The molecule has 0 radical (unpaired) electrons. The third-order valence-corrected chi connectivity index (χ3v) is 0.712. The van der Waals surface area contributed by atoms with E-state index in [1.165, 1.54) is 0 Å². The molecular formula is C4H7NO4. The first-order valence-electron chi connectivity index (χ1n) is 2.24. The van der Waals surface area contributed by atoms with E-state index in [-0.39, 0.29) is 0 Å². The smallest absolute Gasteiger partial charge is 0.321 e. The Hall–Kier alpha value is -1.10. The number of aliphatic carboxylic acids is 2. The van der Waals surface area contributed by atoms with Crippen molar-refractivity contribution in [3.8, 4) is 0 Å². The van der Waals surface area contributed by atoms with E-state index in [9.17, 15) is 9.59 Å². The van der Waals surface area contributed by atoms with E-state index >= 15 is 0 Å². The van der Waals surface area contributed by atoms with Gasteiger partial charge in [0.1, 0.15) is 6.04 Å². The molecule has 0 heterocycles. The number of carboxylic acid groups (broad SMARTS) is 2. The molecule has 5 heteroatoms. The maximum Gasteiger partial charge on any atom is 0.321 e. The van der Waals surface area contributed by atoms with E-state index in [2.05, 4.69) is 0 Å². The quantitative estimate of drug-likeness (QED) is 0.336. The van der Waals surface area contributed by atoms with Crippen molar-refractivity contribution in [1.29, 1.82) is 0 Å². The van der Waals surface area contributed by atoms with Crippen molar-refractivity contribution in [2.45, 2.75) is 12.5 Å². The van der Waals surface area contributed by atoms with Gasteiger partial charge >= 0.3 is 11.9 Å². The third kappa shape index (κ3) is 3.48. The molecule has 1 atom stereocenters. The van der Waals surface area contributed by atoms with Crippen LogP contribution in [0.2, 0.25) is 0 Å². The van der Waals surface area contributed by atoms with Crippen LogP contribution in [0.3, 0.4) is 0 Å². The minimum atomic E-state index is -1.29. The van der Waals surface area contributed by atoms with Gasteiger partial charge in [-0.15, -0.1) is 0 Å². The molecular weight excluding hydrogens is 128 g/mol. The van der Waals surface area contributed by atoms with Crippen molar-refractivity contribution in [3.05, 3.63) is 0 Å². The maximum atomic E-state index is 9.85. The topological polar surface area (TPSA) is 101 Å². The van der Waals surface area contributed by atoms with Gasteiger partial charge in [-0.3, -0.25) is 9.59 Å². The fourth-order valence-electron chi connectivity index (χ4n) is 0.275. The minimum Gasteiger partial charge on any atom is -0.481 e. The number of rotatable bonds is 3. The fraction of sp³-hybridized carbons (Fsp3) is 0.500. The molecule has 0 aromatic carbocycles. The van der Waals surface area contributed by atoms with Gasteiger partial charge in [-0.1, -0.05) is 0 Å². The summed E-state index contributed by atoms with van der Waals surface area (Å²) in [7, 11) is 0. The van der Waals surface area contributed by atoms with Gasteiger partial charge in [0.15, 0.2) is 0 Å². The first kappa shape index (κ1) is 7.90. The predicted molar refractivity (Wildman–Crippen MR) is 27.9 cm³/mol. The molecule has 1 unspecified atom stereocenters. The third-order valence-electron chi connectivity index (χ3n) is 0.712. The highest BCUT2D eigenvalue weighted by Crippen LogP contribution is 1.86. The molecule has 9 heavy (non-hydrogen) atoms. The molecule has 0 rings (SSSR count).